The van der Waals surface area contributed by atoms with Crippen molar-refractivity contribution in [2.45, 2.75) is 52.4 Å². The van der Waals surface area contributed by atoms with Crippen LogP contribution in [0.3, 0.4) is 0 Å². The van der Waals surface area contributed by atoms with Gasteiger partial charge >= 0.3 is 0 Å². The molecule has 5 heteroatoms. The average molecular weight is 427 g/mol. The highest BCUT2D eigenvalue weighted by atomic mass is 16.5. The Morgan fingerprint density at radius 3 is 2.53 bits per heavy atom. The maximum absolute atomic E-state index is 9.66. The Morgan fingerprint density at radius 2 is 1.75 bits per heavy atom. The zero-order valence-corrected chi connectivity index (χ0v) is 18.9. The maximum Gasteiger partial charge on any atom is 0.157 e. The summed E-state index contributed by atoms with van der Waals surface area (Å²) in [6.45, 7) is 4.95. The van der Waals surface area contributed by atoms with Gasteiger partial charge in [0.25, 0.3) is 0 Å². The van der Waals surface area contributed by atoms with E-state index in [0.717, 1.165) is 46.9 Å². The highest BCUT2D eigenvalue weighted by Gasteiger charge is 2.15. The molecule has 0 saturated heterocycles. The number of imidazole rings is 1. The number of ether oxygens (including phenoxy) is 1. The number of unbranched alkanes of at least 4 members (excludes halogenated alkanes) is 5. The highest BCUT2D eigenvalue weighted by molar-refractivity contribution is 5.85. The summed E-state index contributed by atoms with van der Waals surface area (Å²) in [4.78, 5) is 4.71. The topological polar surface area (TPSA) is 62.3 Å². The van der Waals surface area contributed by atoms with E-state index in [-0.39, 0.29) is 0 Å². The number of aromatic nitrogens is 2. The molecule has 0 saturated carbocycles. The zero-order valence-electron chi connectivity index (χ0n) is 18.9. The number of hydrogen-bond acceptors (Lipinski definition) is 4. The minimum absolute atomic E-state index is 0.602. The third kappa shape index (κ3) is 4.70. The van der Waals surface area contributed by atoms with Crippen molar-refractivity contribution in [3.05, 3.63) is 65.7 Å². The van der Waals surface area contributed by atoms with Crippen molar-refractivity contribution in [2.75, 3.05) is 11.9 Å². The third-order valence-corrected chi connectivity index (χ3v) is 5.78. The van der Waals surface area contributed by atoms with E-state index in [4.69, 9.17) is 9.72 Å². The lowest BCUT2D eigenvalue weighted by Crippen LogP contribution is -2.02. The molecule has 0 spiro atoms. The van der Waals surface area contributed by atoms with Crippen LogP contribution in [0.2, 0.25) is 0 Å². The van der Waals surface area contributed by atoms with Crippen molar-refractivity contribution in [3.63, 3.8) is 0 Å². The van der Waals surface area contributed by atoms with Gasteiger partial charge in [0.2, 0.25) is 0 Å². The van der Waals surface area contributed by atoms with Crippen LogP contribution in [0.15, 0.2) is 54.6 Å². The number of fused-ring (bicyclic) bond motifs is 3. The van der Waals surface area contributed by atoms with Crippen LogP contribution >= 0.6 is 0 Å². The van der Waals surface area contributed by atoms with Crippen molar-refractivity contribution in [1.29, 1.82) is 5.26 Å². The molecule has 4 rings (SSSR count). The van der Waals surface area contributed by atoms with Gasteiger partial charge in [0.1, 0.15) is 17.6 Å². The van der Waals surface area contributed by atoms with E-state index in [0.29, 0.717) is 11.2 Å². The number of rotatable bonds is 10. The minimum Gasteiger partial charge on any atom is -0.494 e. The molecule has 2 heterocycles. The summed E-state index contributed by atoms with van der Waals surface area (Å²) in [7, 11) is 0. The van der Waals surface area contributed by atoms with Gasteiger partial charge in [0.15, 0.2) is 5.65 Å². The Labute approximate surface area is 189 Å². The quantitative estimate of drug-likeness (QED) is 0.273. The van der Waals surface area contributed by atoms with E-state index < -0.39 is 0 Å². The molecule has 164 valence electrons. The number of nitrogens with zero attached hydrogens (tertiary/aromatic N) is 3. The Hall–Kier alpha value is -3.52. The second-order valence-electron chi connectivity index (χ2n) is 8.22. The fourth-order valence-electron chi connectivity index (χ4n) is 4.04. The largest absolute Gasteiger partial charge is 0.494 e. The molecule has 1 N–H and O–H groups in total. The van der Waals surface area contributed by atoms with E-state index in [1.807, 2.05) is 65.9 Å². The van der Waals surface area contributed by atoms with Crippen LogP contribution in [0.5, 0.6) is 5.75 Å². The van der Waals surface area contributed by atoms with Crippen LogP contribution in [0.25, 0.3) is 16.7 Å². The maximum atomic E-state index is 9.66. The number of aryl methyl sites for hydroxylation is 1. The van der Waals surface area contributed by atoms with Crippen LogP contribution in [0, 0.1) is 18.3 Å². The summed E-state index contributed by atoms with van der Waals surface area (Å²) >= 11 is 0. The molecule has 0 aliphatic carbocycles. The first-order chi connectivity index (χ1) is 15.7. The smallest absolute Gasteiger partial charge is 0.157 e. The van der Waals surface area contributed by atoms with E-state index >= 15 is 0 Å². The summed E-state index contributed by atoms with van der Waals surface area (Å²) in [5.74, 6) is 1.77. The summed E-state index contributed by atoms with van der Waals surface area (Å²) in [6, 6.07) is 20.3. The Kier molecular flexibility index (Phi) is 6.91. The molecule has 0 atom stereocenters. The van der Waals surface area contributed by atoms with Gasteiger partial charge in [-0.1, -0.05) is 51.2 Å². The van der Waals surface area contributed by atoms with Crippen molar-refractivity contribution in [3.8, 4) is 11.8 Å². The monoisotopic (exact) mass is 426 g/mol. The number of anilines is 2. The van der Waals surface area contributed by atoms with Gasteiger partial charge in [0, 0.05) is 5.69 Å². The minimum atomic E-state index is 0.602. The Bertz CT molecular complexity index is 1230. The lowest BCUT2D eigenvalue weighted by molar-refractivity contribution is 0.304. The first-order valence-corrected chi connectivity index (χ1v) is 11.5. The molecule has 0 fully saturated rings. The van der Waals surface area contributed by atoms with Crippen molar-refractivity contribution in [2.24, 2.45) is 0 Å². The molecule has 2 aromatic carbocycles. The van der Waals surface area contributed by atoms with E-state index in [1.54, 1.807) is 0 Å². The van der Waals surface area contributed by atoms with E-state index in [2.05, 4.69) is 18.3 Å². The lowest BCUT2D eigenvalue weighted by Gasteiger charge is -2.13. The predicted molar refractivity (Wildman–Crippen MR) is 131 cm³/mol. The molecule has 0 bridgehead atoms. The fraction of sp³-hybridized carbons (Fsp3) is 0.333. The third-order valence-electron chi connectivity index (χ3n) is 5.78. The van der Waals surface area contributed by atoms with Crippen molar-refractivity contribution >= 4 is 28.2 Å². The number of nitriles is 1. The second-order valence-corrected chi connectivity index (χ2v) is 8.22. The predicted octanol–water partition coefficient (Wildman–Crippen LogP) is 7.15. The van der Waals surface area contributed by atoms with E-state index in [1.165, 1.54) is 32.1 Å². The van der Waals surface area contributed by atoms with Gasteiger partial charge < -0.3 is 10.1 Å². The molecule has 0 unspecified atom stereocenters. The van der Waals surface area contributed by atoms with Gasteiger partial charge in [-0.3, -0.25) is 4.40 Å². The molecular formula is C27H30N4O. The van der Waals surface area contributed by atoms with Crippen LogP contribution in [0.4, 0.5) is 11.5 Å². The summed E-state index contributed by atoms with van der Waals surface area (Å²) in [5.41, 5.74) is 4.98. The summed E-state index contributed by atoms with van der Waals surface area (Å²) in [5, 5.41) is 13.2. The molecule has 4 aromatic rings. The van der Waals surface area contributed by atoms with Crippen LogP contribution in [-0.4, -0.2) is 16.0 Å². The lowest BCUT2D eigenvalue weighted by atomic mass is 10.1. The van der Waals surface area contributed by atoms with Crippen LogP contribution in [0.1, 0.15) is 56.6 Å². The number of pyridine rings is 1. The van der Waals surface area contributed by atoms with Gasteiger partial charge in [-0.05, 0) is 61.4 Å². The van der Waals surface area contributed by atoms with Gasteiger partial charge in [0.05, 0.1) is 23.2 Å². The van der Waals surface area contributed by atoms with Crippen molar-refractivity contribution < 1.29 is 4.74 Å². The fourth-order valence-corrected chi connectivity index (χ4v) is 4.04. The molecule has 2 aromatic heterocycles. The standard InChI is InChI=1S/C27H30N4O/c1-3-4-5-6-7-10-17-32-22-15-13-21(14-16-22)29-26-18-20(2)23(19-28)27-30-24-11-8-9-12-25(24)31(26)27/h8-9,11-16,18,29H,3-7,10,17H2,1-2H3. The van der Waals surface area contributed by atoms with Crippen molar-refractivity contribution in [1.82, 2.24) is 9.38 Å². The Balaban J connectivity index is 1.49. The SMILES string of the molecule is CCCCCCCCOc1ccc(Nc2cc(C)c(C#N)c3nc4ccccc4n23)cc1. The number of benzene rings is 2. The van der Waals surface area contributed by atoms with Gasteiger partial charge in [-0.15, -0.1) is 0 Å². The van der Waals surface area contributed by atoms with E-state index in [9.17, 15) is 5.26 Å². The molecule has 0 amide bonds. The highest BCUT2D eigenvalue weighted by Crippen LogP contribution is 2.29. The second kappa shape index (κ2) is 10.2. The molecule has 0 aliphatic rings. The first kappa shape index (κ1) is 21.7. The zero-order chi connectivity index (χ0) is 22.3. The molecule has 0 radical (unpaired) electrons. The van der Waals surface area contributed by atoms with Crippen LogP contribution in [-0.2, 0) is 0 Å². The molecule has 5 nitrogen and oxygen atoms in total. The van der Waals surface area contributed by atoms with Gasteiger partial charge in [-0.25, -0.2) is 4.98 Å². The number of hydrogen-bond donors (Lipinski definition) is 1. The molecule has 32 heavy (non-hydrogen) atoms. The van der Waals surface area contributed by atoms with Gasteiger partial charge in [-0.2, -0.15) is 5.26 Å². The molecular weight excluding hydrogens is 396 g/mol. The number of para-hydroxylation sites is 2. The first-order valence-electron chi connectivity index (χ1n) is 11.5. The summed E-state index contributed by atoms with van der Waals surface area (Å²) in [6.07, 6.45) is 7.55. The average Bonchev–Trinajstić information content (AvgIpc) is 3.19. The normalized spacial score (nSPS) is 11.0. The number of nitrogens with one attached hydrogen (secondary N) is 1. The summed E-state index contributed by atoms with van der Waals surface area (Å²) < 4.78 is 7.92. The van der Waals surface area contributed by atoms with Crippen LogP contribution < -0.4 is 10.1 Å². The Morgan fingerprint density at radius 1 is 1.00 bits per heavy atom. The molecule has 0 aliphatic heterocycles.